The number of benzene rings is 3. The molecule has 0 fully saturated rings. The number of sulfonamides is 1. The van der Waals surface area contributed by atoms with E-state index in [1.807, 2.05) is 32.0 Å². The molecule has 30 heavy (non-hydrogen) atoms. The summed E-state index contributed by atoms with van der Waals surface area (Å²) in [6.07, 6.45) is -1.10. The number of hydrogen-bond donors (Lipinski definition) is 1. The SMILES string of the molecule is Cc1ccc(S(=O)(=O)N(CC(O)COc2cccc(C)c2)c2ccc(F)cc2)cc1. The van der Waals surface area contributed by atoms with Gasteiger partial charge in [0.05, 0.1) is 17.1 Å². The molecule has 0 aliphatic carbocycles. The minimum Gasteiger partial charge on any atom is -0.491 e. The molecule has 1 unspecified atom stereocenters. The molecule has 0 aromatic heterocycles. The average Bonchev–Trinajstić information content (AvgIpc) is 2.71. The van der Waals surface area contributed by atoms with Crippen LogP contribution in [0.25, 0.3) is 0 Å². The fourth-order valence-electron chi connectivity index (χ4n) is 2.93. The monoisotopic (exact) mass is 429 g/mol. The zero-order valence-corrected chi connectivity index (χ0v) is 17.6. The first-order valence-corrected chi connectivity index (χ1v) is 10.9. The van der Waals surface area contributed by atoms with E-state index >= 15 is 0 Å². The topological polar surface area (TPSA) is 66.8 Å². The van der Waals surface area contributed by atoms with Crippen molar-refractivity contribution in [3.05, 3.63) is 89.7 Å². The Bertz CT molecular complexity index is 1080. The fourth-order valence-corrected chi connectivity index (χ4v) is 4.43. The Labute approximate surface area is 176 Å². The van der Waals surface area contributed by atoms with Crippen LogP contribution in [-0.2, 0) is 10.0 Å². The van der Waals surface area contributed by atoms with Crippen LogP contribution in [0.4, 0.5) is 10.1 Å². The van der Waals surface area contributed by atoms with E-state index in [2.05, 4.69) is 0 Å². The van der Waals surface area contributed by atoms with Gasteiger partial charge in [-0.2, -0.15) is 0 Å². The van der Waals surface area contributed by atoms with E-state index in [1.165, 1.54) is 36.4 Å². The van der Waals surface area contributed by atoms with Crippen LogP contribution < -0.4 is 9.04 Å². The number of aryl methyl sites for hydroxylation is 2. The first-order valence-electron chi connectivity index (χ1n) is 9.48. The number of halogens is 1. The lowest BCUT2D eigenvalue weighted by molar-refractivity contribution is 0.115. The van der Waals surface area contributed by atoms with Crippen molar-refractivity contribution in [3.8, 4) is 5.75 Å². The normalized spacial score (nSPS) is 12.4. The number of hydrogen-bond acceptors (Lipinski definition) is 4. The summed E-state index contributed by atoms with van der Waals surface area (Å²) < 4.78 is 46.6. The Kier molecular flexibility index (Phi) is 6.74. The maximum atomic E-state index is 13.4. The molecule has 0 aliphatic heterocycles. The predicted molar refractivity (Wildman–Crippen MR) is 115 cm³/mol. The van der Waals surface area contributed by atoms with E-state index in [-0.39, 0.29) is 23.7 Å². The van der Waals surface area contributed by atoms with Crippen molar-refractivity contribution in [1.29, 1.82) is 0 Å². The summed E-state index contributed by atoms with van der Waals surface area (Å²) in [5.74, 6) is 0.110. The van der Waals surface area contributed by atoms with Gasteiger partial charge in [0, 0.05) is 0 Å². The molecular weight excluding hydrogens is 405 g/mol. The number of aliphatic hydroxyl groups excluding tert-OH is 1. The van der Waals surface area contributed by atoms with Gasteiger partial charge in [-0.05, 0) is 67.9 Å². The number of rotatable bonds is 8. The lowest BCUT2D eigenvalue weighted by Crippen LogP contribution is -2.40. The van der Waals surface area contributed by atoms with Crippen molar-refractivity contribution in [2.75, 3.05) is 17.5 Å². The number of anilines is 1. The van der Waals surface area contributed by atoms with Crippen LogP contribution in [0.3, 0.4) is 0 Å². The molecule has 5 nitrogen and oxygen atoms in total. The minimum atomic E-state index is -3.97. The van der Waals surface area contributed by atoms with Gasteiger partial charge in [-0.3, -0.25) is 4.31 Å². The zero-order chi connectivity index (χ0) is 21.7. The Morgan fingerprint density at radius 3 is 2.27 bits per heavy atom. The smallest absolute Gasteiger partial charge is 0.264 e. The molecule has 0 spiro atoms. The van der Waals surface area contributed by atoms with Gasteiger partial charge in [0.2, 0.25) is 0 Å². The molecule has 3 aromatic rings. The molecule has 1 atom stereocenters. The predicted octanol–water partition coefficient (Wildman–Crippen LogP) is 4.08. The van der Waals surface area contributed by atoms with Crippen LogP contribution in [0.2, 0.25) is 0 Å². The average molecular weight is 430 g/mol. The van der Waals surface area contributed by atoms with Gasteiger partial charge in [0.15, 0.2) is 0 Å². The summed E-state index contributed by atoms with van der Waals surface area (Å²) in [6.45, 7) is 3.45. The van der Waals surface area contributed by atoms with Gasteiger partial charge < -0.3 is 9.84 Å². The summed E-state index contributed by atoms with van der Waals surface area (Å²) in [4.78, 5) is 0.0872. The molecule has 3 rings (SSSR count). The maximum Gasteiger partial charge on any atom is 0.264 e. The van der Waals surface area contributed by atoms with Gasteiger partial charge in [-0.1, -0.05) is 29.8 Å². The third-order valence-electron chi connectivity index (χ3n) is 4.53. The van der Waals surface area contributed by atoms with Gasteiger partial charge in [-0.15, -0.1) is 0 Å². The molecule has 0 bridgehead atoms. The Morgan fingerprint density at radius 2 is 1.63 bits per heavy atom. The highest BCUT2D eigenvalue weighted by Crippen LogP contribution is 2.25. The van der Waals surface area contributed by atoms with E-state index in [1.54, 1.807) is 18.2 Å². The Morgan fingerprint density at radius 1 is 0.967 bits per heavy atom. The van der Waals surface area contributed by atoms with Crippen LogP contribution in [0, 0.1) is 19.7 Å². The second-order valence-electron chi connectivity index (χ2n) is 7.11. The highest BCUT2D eigenvalue weighted by Gasteiger charge is 2.27. The second-order valence-corrected chi connectivity index (χ2v) is 8.97. The Balaban J connectivity index is 1.84. The molecular formula is C23H24FNO4S. The van der Waals surface area contributed by atoms with Crippen LogP contribution >= 0.6 is 0 Å². The first kappa shape index (κ1) is 21.8. The number of nitrogens with zero attached hydrogens (tertiary/aromatic N) is 1. The summed E-state index contributed by atoms with van der Waals surface area (Å²) in [5.41, 5.74) is 2.19. The van der Waals surface area contributed by atoms with E-state index < -0.39 is 21.9 Å². The maximum absolute atomic E-state index is 13.4. The summed E-state index contributed by atoms with van der Waals surface area (Å²) in [7, 11) is -3.97. The van der Waals surface area contributed by atoms with Crippen LogP contribution in [0.5, 0.6) is 5.75 Å². The molecule has 3 aromatic carbocycles. The summed E-state index contributed by atoms with van der Waals surface area (Å²) in [6, 6.07) is 18.9. The van der Waals surface area contributed by atoms with E-state index in [9.17, 15) is 17.9 Å². The van der Waals surface area contributed by atoms with E-state index in [0.29, 0.717) is 5.75 Å². The Hall–Kier alpha value is -2.90. The number of aliphatic hydroxyl groups is 1. The molecule has 0 heterocycles. The lowest BCUT2D eigenvalue weighted by Gasteiger charge is -2.27. The molecule has 1 N–H and O–H groups in total. The quantitative estimate of drug-likeness (QED) is 0.586. The fraction of sp³-hybridized carbons (Fsp3) is 0.217. The van der Waals surface area contributed by atoms with Crippen molar-refractivity contribution < 1.29 is 22.7 Å². The van der Waals surface area contributed by atoms with Crippen LogP contribution in [0.15, 0.2) is 77.7 Å². The highest BCUT2D eigenvalue weighted by molar-refractivity contribution is 7.92. The van der Waals surface area contributed by atoms with Crippen molar-refractivity contribution in [2.24, 2.45) is 0 Å². The van der Waals surface area contributed by atoms with Gasteiger partial charge in [0.25, 0.3) is 10.0 Å². The summed E-state index contributed by atoms with van der Waals surface area (Å²) in [5, 5.41) is 10.5. The minimum absolute atomic E-state index is 0.0872. The van der Waals surface area contributed by atoms with E-state index in [4.69, 9.17) is 4.74 Å². The van der Waals surface area contributed by atoms with Crippen molar-refractivity contribution in [3.63, 3.8) is 0 Å². The first-order chi connectivity index (χ1) is 14.3. The van der Waals surface area contributed by atoms with Crippen molar-refractivity contribution >= 4 is 15.7 Å². The third kappa shape index (κ3) is 5.37. The molecule has 0 amide bonds. The highest BCUT2D eigenvalue weighted by atomic mass is 32.2. The van der Waals surface area contributed by atoms with Crippen molar-refractivity contribution in [2.45, 2.75) is 24.8 Å². The molecule has 0 saturated carbocycles. The molecule has 0 radical (unpaired) electrons. The third-order valence-corrected chi connectivity index (χ3v) is 6.34. The van der Waals surface area contributed by atoms with Crippen LogP contribution in [-0.4, -0.2) is 32.8 Å². The lowest BCUT2D eigenvalue weighted by atomic mass is 10.2. The number of ether oxygens (including phenoxy) is 1. The van der Waals surface area contributed by atoms with Gasteiger partial charge >= 0.3 is 0 Å². The molecule has 0 aliphatic rings. The summed E-state index contributed by atoms with van der Waals surface area (Å²) >= 11 is 0. The largest absolute Gasteiger partial charge is 0.491 e. The van der Waals surface area contributed by atoms with E-state index in [0.717, 1.165) is 15.4 Å². The second kappa shape index (κ2) is 9.28. The van der Waals surface area contributed by atoms with Gasteiger partial charge in [-0.25, -0.2) is 12.8 Å². The molecule has 7 heteroatoms. The standard InChI is InChI=1S/C23H24FNO4S/c1-17-6-12-23(13-7-17)30(27,28)25(20-10-8-19(24)9-11-20)15-21(26)16-29-22-5-3-4-18(2)14-22/h3-14,21,26H,15-16H2,1-2H3. The molecule has 158 valence electrons. The zero-order valence-electron chi connectivity index (χ0n) is 16.8. The van der Waals surface area contributed by atoms with Crippen molar-refractivity contribution in [1.82, 2.24) is 0 Å². The van der Waals surface area contributed by atoms with Crippen LogP contribution in [0.1, 0.15) is 11.1 Å². The molecule has 0 saturated heterocycles. The van der Waals surface area contributed by atoms with Gasteiger partial charge in [0.1, 0.15) is 24.3 Å².